The number of nitrogens with zero attached hydrogens (tertiary/aromatic N) is 7. The van der Waals surface area contributed by atoms with Gasteiger partial charge in [0.25, 0.3) is 11.8 Å². The average Bonchev–Trinajstić information content (AvgIpc) is 3.62. The van der Waals surface area contributed by atoms with Crippen molar-refractivity contribution >= 4 is 55.9 Å². The van der Waals surface area contributed by atoms with Gasteiger partial charge in [-0.05, 0) is 55.3 Å². The number of benzene rings is 3. The van der Waals surface area contributed by atoms with Gasteiger partial charge in [-0.2, -0.15) is 0 Å². The lowest BCUT2D eigenvalue weighted by atomic mass is 10.0. The Hall–Kier alpha value is -4.39. The van der Waals surface area contributed by atoms with Crippen LogP contribution >= 0.6 is 27.5 Å². The van der Waals surface area contributed by atoms with Crippen molar-refractivity contribution in [1.82, 2.24) is 29.8 Å². The van der Waals surface area contributed by atoms with Crippen molar-refractivity contribution in [3.8, 4) is 0 Å². The van der Waals surface area contributed by atoms with Crippen molar-refractivity contribution < 1.29 is 19.1 Å². The number of anilines is 1. The molecule has 2 amide bonds. The van der Waals surface area contributed by atoms with E-state index in [1.807, 2.05) is 29.3 Å². The van der Waals surface area contributed by atoms with E-state index < -0.39 is 11.9 Å². The van der Waals surface area contributed by atoms with E-state index in [0.717, 1.165) is 27.1 Å². The minimum absolute atomic E-state index is 0.0326. The predicted octanol–water partition coefficient (Wildman–Crippen LogP) is 5.90. The zero-order chi connectivity index (χ0) is 33.4. The highest BCUT2D eigenvalue weighted by molar-refractivity contribution is 9.10. The number of hydrogen-bond donors (Lipinski definition) is 1. The zero-order valence-electron chi connectivity index (χ0n) is 25.8. The van der Waals surface area contributed by atoms with Crippen LogP contribution in [0.25, 0.3) is 10.8 Å². The summed E-state index contributed by atoms with van der Waals surface area (Å²) in [5.41, 5.74) is 1.26. The molecule has 0 spiro atoms. The molecule has 1 atom stereocenters. The fraction of sp³-hybridized carbons (Fsp3) is 0.286. The zero-order valence-corrected chi connectivity index (χ0v) is 28.2. The summed E-state index contributed by atoms with van der Waals surface area (Å²) in [6.07, 6.45) is 3.42. The van der Waals surface area contributed by atoms with E-state index >= 15 is 0 Å². The molecule has 13 heteroatoms. The molecular formula is C35H32BrClFN7O3. The maximum Gasteiger partial charge on any atom is 0.253 e. The third kappa shape index (κ3) is 6.39. The Morgan fingerprint density at radius 1 is 0.875 bits per heavy atom. The molecule has 2 aromatic heterocycles. The molecule has 10 nitrogen and oxygen atoms in total. The number of aliphatic hydroxyl groups excluding tert-OH is 1. The van der Waals surface area contributed by atoms with E-state index in [1.54, 1.807) is 40.0 Å². The number of pyridine rings is 1. The number of carbonyl (C=O) groups is 2. The van der Waals surface area contributed by atoms with Gasteiger partial charge in [0.15, 0.2) is 0 Å². The number of amides is 2. The van der Waals surface area contributed by atoms with Crippen molar-refractivity contribution in [3.05, 3.63) is 117 Å². The summed E-state index contributed by atoms with van der Waals surface area (Å²) in [7, 11) is 0. The Bertz CT molecular complexity index is 1990. The Balaban J connectivity index is 0.952. The van der Waals surface area contributed by atoms with Gasteiger partial charge in [-0.3, -0.25) is 9.59 Å². The van der Waals surface area contributed by atoms with Crippen molar-refractivity contribution in [2.75, 3.05) is 44.2 Å². The lowest BCUT2D eigenvalue weighted by Crippen LogP contribution is -2.49. The summed E-state index contributed by atoms with van der Waals surface area (Å²) in [4.78, 5) is 37.5. The van der Waals surface area contributed by atoms with Crippen LogP contribution in [-0.2, 0) is 0 Å². The molecule has 1 unspecified atom stereocenters. The molecule has 246 valence electrons. The third-order valence-electron chi connectivity index (χ3n) is 9.15. The number of aliphatic hydroxyl groups is 1. The molecule has 4 heterocycles. The molecule has 48 heavy (non-hydrogen) atoms. The third-order valence-corrected chi connectivity index (χ3v) is 10.1. The van der Waals surface area contributed by atoms with Crippen LogP contribution in [0, 0.1) is 5.82 Å². The Morgan fingerprint density at radius 2 is 1.56 bits per heavy atom. The van der Waals surface area contributed by atoms with E-state index in [2.05, 4.69) is 42.2 Å². The molecule has 2 aliphatic rings. The second-order valence-electron chi connectivity index (χ2n) is 12.0. The summed E-state index contributed by atoms with van der Waals surface area (Å²) >= 11 is 9.46. The van der Waals surface area contributed by atoms with E-state index in [0.29, 0.717) is 63.2 Å². The minimum atomic E-state index is -1.28. The number of rotatable bonds is 6. The fourth-order valence-corrected chi connectivity index (χ4v) is 7.14. The molecule has 0 radical (unpaired) electrons. The van der Waals surface area contributed by atoms with Crippen LogP contribution < -0.4 is 4.90 Å². The highest BCUT2D eigenvalue weighted by atomic mass is 79.9. The summed E-state index contributed by atoms with van der Waals surface area (Å²) in [5, 5.41) is 21.3. The first-order valence-corrected chi connectivity index (χ1v) is 17.0. The number of fused-ring (bicyclic) bond motifs is 1. The Morgan fingerprint density at radius 3 is 2.27 bits per heavy atom. The highest BCUT2D eigenvalue weighted by Crippen LogP contribution is 2.31. The van der Waals surface area contributed by atoms with E-state index in [4.69, 9.17) is 11.6 Å². The van der Waals surface area contributed by atoms with Crippen LogP contribution in [0.5, 0.6) is 0 Å². The van der Waals surface area contributed by atoms with Gasteiger partial charge >= 0.3 is 0 Å². The second-order valence-corrected chi connectivity index (χ2v) is 13.3. The lowest BCUT2D eigenvalue weighted by Gasteiger charge is -2.36. The maximum atomic E-state index is 14.3. The first-order valence-electron chi connectivity index (χ1n) is 15.8. The van der Waals surface area contributed by atoms with Crippen LogP contribution in [0.4, 0.5) is 10.2 Å². The highest BCUT2D eigenvalue weighted by Gasteiger charge is 2.28. The van der Waals surface area contributed by atoms with Gasteiger partial charge in [-0.15, -0.1) is 5.10 Å². The Kier molecular flexibility index (Phi) is 9.13. The lowest BCUT2D eigenvalue weighted by molar-refractivity contribution is 0.0689. The number of likely N-dealkylation sites (tertiary alicyclic amines) is 1. The van der Waals surface area contributed by atoms with Crippen LogP contribution in [0.15, 0.2) is 83.6 Å². The molecule has 0 saturated carbocycles. The summed E-state index contributed by atoms with van der Waals surface area (Å²) in [5.74, 6) is 0.0635. The van der Waals surface area contributed by atoms with Crippen molar-refractivity contribution in [3.63, 3.8) is 0 Å². The van der Waals surface area contributed by atoms with Gasteiger partial charge in [0.2, 0.25) is 0 Å². The van der Waals surface area contributed by atoms with Crippen molar-refractivity contribution in [2.24, 2.45) is 0 Å². The van der Waals surface area contributed by atoms with Gasteiger partial charge in [0, 0.05) is 82.4 Å². The number of piperidine rings is 1. The van der Waals surface area contributed by atoms with E-state index in [-0.39, 0.29) is 34.1 Å². The van der Waals surface area contributed by atoms with E-state index in [9.17, 15) is 19.1 Å². The monoisotopic (exact) mass is 731 g/mol. The molecule has 2 fully saturated rings. The maximum absolute atomic E-state index is 14.3. The molecule has 0 bridgehead atoms. The SMILES string of the molecule is O=C(c1cccc(C(=O)N2CCN(c3nccc4c(Br)cccc34)CC2)c1)N1CCC(n2cc(C(O)c3ccc(Cl)cc3F)nn2)CC1. The van der Waals surface area contributed by atoms with Crippen molar-refractivity contribution in [1.29, 1.82) is 0 Å². The Labute approximate surface area is 289 Å². The smallest absolute Gasteiger partial charge is 0.253 e. The van der Waals surface area contributed by atoms with Crippen LogP contribution in [0.1, 0.15) is 57.0 Å². The molecule has 2 saturated heterocycles. The molecule has 0 aliphatic carbocycles. The van der Waals surface area contributed by atoms with Crippen LogP contribution in [0.2, 0.25) is 5.02 Å². The predicted molar refractivity (Wildman–Crippen MR) is 184 cm³/mol. The average molecular weight is 733 g/mol. The normalized spacial score (nSPS) is 16.4. The number of aromatic nitrogens is 4. The summed E-state index contributed by atoms with van der Waals surface area (Å²) in [6.45, 7) is 3.39. The number of halogens is 3. The fourth-order valence-electron chi connectivity index (χ4n) is 6.49. The van der Waals surface area contributed by atoms with Gasteiger partial charge in [-0.1, -0.05) is 57.0 Å². The van der Waals surface area contributed by atoms with Gasteiger partial charge in [0.05, 0.1) is 12.2 Å². The van der Waals surface area contributed by atoms with Gasteiger partial charge in [-0.25, -0.2) is 14.1 Å². The molecule has 5 aromatic rings. The minimum Gasteiger partial charge on any atom is -0.382 e. The van der Waals surface area contributed by atoms with Crippen LogP contribution in [0.3, 0.4) is 0 Å². The largest absolute Gasteiger partial charge is 0.382 e. The second kappa shape index (κ2) is 13.6. The standard InChI is InChI=1S/C35H32BrClFN7O3/c36-29-6-2-5-27-26(29)9-12-39-33(27)42-15-17-44(18-16-42)35(48)23-4-1-3-22(19-23)34(47)43-13-10-25(11-14-43)45-21-31(40-41-45)32(46)28-8-7-24(37)20-30(28)38/h1-9,12,19-21,25,32,46H,10-11,13-18H2. The van der Waals surface area contributed by atoms with Crippen LogP contribution in [-0.4, -0.2) is 86.0 Å². The summed E-state index contributed by atoms with van der Waals surface area (Å²) < 4.78 is 17.0. The van der Waals surface area contributed by atoms with Crippen molar-refractivity contribution in [2.45, 2.75) is 25.0 Å². The molecule has 2 aliphatic heterocycles. The van der Waals surface area contributed by atoms with E-state index in [1.165, 1.54) is 12.1 Å². The molecule has 3 aromatic carbocycles. The number of hydrogen-bond acceptors (Lipinski definition) is 7. The quantitative estimate of drug-likeness (QED) is 0.232. The first kappa shape index (κ1) is 32.2. The number of carbonyl (C=O) groups excluding carboxylic acids is 2. The topological polar surface area (TPSA) is 108 Å². The molecule has 1 N–H and O–H groups in total. The molecule has 7 rings (SSSR count). The first-order chi connectivity index (χ1) is 23.3. The molecular weight excluding hydrogens is 701 g/mol. The van der Waals surface area contributed by atoms with Gasteiger partial charge in [0.1, 0.15) is 23.4 Å². The summed E-state index contributed by atoms with van der Waals surface area (Å²) in [6, 6.07) is 19.1. The van der Waals surface area contributed by atoms with Gasteiger partial charge < -0.3 is 19.8 Å². The number of piperazine rings is 1.